The summed E-state index contributed by atoms with van der Waals surface area (Å²) < 4.78 is 5.09. The van der Waals surface area contributed by atoms with Gasteiger partial charge in [-0.3, -0.25) is 10.1 Å². The molecule has 102 valence electrons. The van der Waals surface area contributed by atoms with E-state index in [1.807, 2.05) is 26.8 Å². The molecule has 1 N–H and O–H groups in total. The van der Waals surface area contributed by atoms with Gasteiger partial charge in [0.05, 0.1) is 17.3 Å². The van der Waals surface area contributed by atoms with Crippen LogP contribution in [-0.4, -0.2) is 11.1 Å². The van der Waals surface area contributed by atoms with Gasteiger partial charge in [0.2, 0.25) is 5.88 Å². The molecule has 0 aliphatic heterocycles. The normalized spacial score (nSPS) is 10.9. The zero-order valence-electron chi connectivity index (χ0n) is 11.6. The molecule has 0 spiro atoms. The van der Waals surface area contributed by atoms with Gasteiger partial charge in [-0.2, -0.15) is 5.26 Å². The van der Waals surface area contributed by atoms with Gasteiger partial charge in [-0.25, -0.2) is 0 Å². The van der Waals surface area contributed by atoms with Gasteiger partial charge in [0.15, 0.2) is 0 Å². The van der Waals surface area contributed by atoms with E-state index >= 15 is 0 Å². The van der Waals surface area contributed by atoms with Gasteiger partial charge in [0, 0.05) is 17.0 Å². The van der Waals surface area contributed by atoms with Crippen molar-refractivity contribution < 1.29 is 9.32 Å². The molecule has 1 amide bonds. The largest absolute Gasteiger partial charge is 0.338 e. The van der Waals surface area contributed by atoms with E-state index in [1.54, 1.807) is 30.3 Å². The van der Waals surface area contributed by atoms with Gasteiger partial charge in [0.1, 0.15) is 0 Å². The maximum atomic E-state index is 12.0. The topological polar surface area (TPSA) is 78.9 Å². The number of amides is 1. The smallest absolute Gasteiger partial charge is 0.258 e. The number of carbonyl (C=O) groups excluding carboxylic acids is 1. The summed E-state index contributed by atoms with van der Waals surface area (Å²) >= 11 is 0. The second kappa shape index (κ2) is 5.17. The van der Waals surface area contributed by atoms with Crippen LogP contribution < -0.4 is 5.32 Å². The van der Waals surface area contributed by atoms with Crippen molar-refractivity contribution in [2.24, 2.45) is 0 Å². The van der Waals surface area contributed by atoms with Crippen molar-refractivity contribution in [3.8, 4) is 6.07 Å². The lowest BCUT2D eigenvalue weighted by atomic mass is 9.92. The highest BCUT2D eigenvalue weighted by Gasteiger charge is 2.19. The highest BCUT2D eigenvalue weighted by molar-refractivity contribution is 6.03. The zero-order chi connectivity index (χ0) is 14.8. The fourth-order valence-corrected chi connectivity index (χ4v) is 1.57. The van der Waals surface area contributed by atoms with E-state index in [9.17, 15) is 4.79 Å². The molecule has 5 heteroatoms. The third-order valence-corrected chi connectivity index (χ3v) is 2.79. The quantitative estimate of drug-likeness (QED) is 0.908. The van der Waals surface area contributed by atoms with Crippen molar-refractivity contribution in [2.45, 2.75) is 26.2 Å². The number of aromatic nitrogens is 1. The minimum atomic E-state index is -0.300. The summed E-state index contributed by atoms with van der Waals surface area (Å²) in [7, 11) is 0. The summed E-state index contributed by atoms with van der Waals surface area (Å²) in [4.78, 5) is 12.0. The third-order valence-electron chi connectivity index (χ3n) is 2.79. The molecule has 2 aromatic rings. The Hall–Kier alpha value is -2.61. The van der Waals surface area contributed by atoms with E-state index in [2.05, 4.69) is 10.5 Å². The van der Waals surface area contributed by atoms with E-state index in [4.69, 9.17) is 9.78 Å². The van der Waals surface area contributed by atoms with E-state index in [0.717, 1.165) is 5.69 Å². The van der Waals surface area contributed by atoms with Crippen LogP contribution in [0.3, 0.4) is 0 Å². The molecule has 1 aromatic carbocycles. The minimum Gasteiger partial charge on any atom is -0.338 e. The van der Waals surface area contributed by atoms with Gasteiger partial charge in [-0.05, 0) is 24.3 Å². The Morgan fingerprint density at radius 3 is 2.45 bits per heavy atom. The molecule has 1 heterocycles. The Labute approximate surface area is 117 Å². The number of rotatable bonds is 2. The summed E-state index contributed by atoms with van der Waals surface area (Å²) in [6, 6.07) is 10.1. The Kier molecular flexibility index (Phi) is 3.57. The van der Waals surface area contributed by atoms with Crippen LogP contribution in [0.5, 0.6) is 0 Å². The predicted molar refractivity (Wildman–Crippen MR) is 74.3 cm³/mol. The second-order valence-corrected chi connectivity index (χ2v) is 5.47. The number of nitrogens with zero attached hydrogens (tertiary/aromatic N) is 2. The summed E-state index contributed by atoms with van der Waals surface area (Å²) in [5.74, 6) is 0.00961. The summed E-state index contributed by atoms with van der Waals surface area (Å²) in [6.07, 6.45) is 0. The van der Waals surface area contributed by atoms with Gasteiger partial charge in [-0.1, -0.05) is 25.9 Å². The Balaban J connectivity index is 2.11. The average molecular weight is 269 g/mol. The van der Waals surface area contributed by atoms with E-state index in [0.29, 0.717) is 17.0 Å². The Morgan fingerprint density at radius 1 is 1.30 bits per heavy atom. The molecule has 0 aliphatic rings. The van der Waals surface area contributed by atoms with Crippen molar-refractivity contribution in [3.05, 3.63) is 47.2 Å². The molecule has 20 heavy (non-hydrogen) atoms. The lowest BCUT2D eigenvalue weighted by Gasteiger charge is -2.12. The van der Waals surface area contributed by atoms with Crippen LogP contribution in [0.15, 0.2) is 34.9 Å². The lowest BCUT2D eigenvalue weighted by Crippen LogP contribution is -2.12. The molecule has 0 unspecified atom stereocenters. The maximum absolute atomic E-state index is 12.0. The van der Waals surface area contributed by atoms with Gasteiger partial charge < -0.3 is 4.52 Å². The van der Waals surface area contributed by atoms with E-state index < -0.39 is 0 Å². The fraction of sp³-hybridized carbons (Fsp3) is 0.267. The highest BCUT2D eigenvalue weighted by Crippen LogP contribution is 2.23. The molecule has 0 saturated heterocycles. The number of benzene rings is 1. The Morgan fingerprint density at radius 2 is 1.95 bits per heavy atom. The standard InChI is InChI=1S/C15H15N3O2/c1-15(2,3)12-8-13(20-18-12)17-14(19)11-6-4-10(9-16)5-7-11/h4-8H,1-3H3,(H,17,19). The van der Waals surface area contributed by atoms with Gasteiger partial charge in [0.25, 0.3) is 5.91 Å². The first-order chi connectivity index (χ1) is 9.40. The molecule has 5 nitrogen and oxygen atoms in total. The fourth-order valence-electron chi connectivity index (χ4n) is 1.57. The molecule has 0 atom stereocenters. The molecular formula is C15H15N3O2. The molecule has 2 rings (SSSR count). The summed E-state index contributed by atoms with van der Waals surface area (Å²) in [5.41, 5.74) is 1.60. The molecular weight excluding hydrogens is 254 g/mol. The molecule has 0 fully saturated rings. The molecule has 0 bridgehead atoms. The first-order valence-corrected chi connectivity index (χ1v) is 6.19. The number of hydrogen-bond donors (Lipinski definition) is 1. The first-order valence-electron chi connectivity index (χ1n) is 6.19. The van der Waals surface area contributed by atoms with Crippen molar-refractivity contribution in [1.82, 2.24) is 5.16 Å². The summed E-state index contributed by atoms with van der Waals surface area (Å²) in [6.45, 7) is 6.03. The van der Waals surface area contributed by atoms with Crippen molar-refractivity contribution >= 4 is 11.8 Å². The van der Waals surface area contributed by atoms with Crippen molar-refractivity contribution in [2.75, 3.05) is 5.32 Å². The predicted octanol–water partition coefficient (Wildman–Crippen LogP) is 3.10. The molecule has 0 radical (unpaired) electrons. The van der Waals surface area contributed by atoms with Crippen molar-refractivity contribution in [3.63, 3.8) is 0 Å². The minimum absolute atomic E-state index is 0.138. The van der Waals surface area contributed by atoms with Crippen LogP contribution in [0, 0.1) is 11.3 Å². The maximum Gasteiger partial charge on any atom is 0.258 e. The van der Waals surface area contributed by atoms with E-state index in [-0.39, 0.29) is 11.3 Å². The van der Waals surface area contributed by atoms with Gasteiger partial charge >= 0.3 is 0 Å². The number of nitriles is 1. The third kappa shape index (κ3) is 3.04. The lowest BCUT2D eigenvalue weighted by molar-refractivity contribution is 0.102. The number of hydrogen-bond acceptors (Lipinski definition) is 4. The van der Waals surface area contributed by atoms with Crippen LogP contribution in [0.4, 0.5) is 5.88 Å². The molecule has 1 aromatic heterocycles. The number of anilines is 1. The molecule has 0 aliphatic carbocycles. The van der Waals surface area contributed by atoms with Crippen LogP contribution in [0.2, 0.25) is 0 Å². The van der Waals surface area contributed by atoms with Crippen LogP contribution in [-0.2, 0) is 5.41 Å². The number of carbonyl (C=O) groups is 1. The molecule has 0 saturated carbocycles. The first kappa shape index (κ1) is 13.8. The zero-order valence-corrected chi connectivity index (χ0v) is 11.6. The second-order valence-electron chi connectivity index (χ2n) is 5.47. The van der Waals surface area contributed by atoms with Crippen molar-refractivity contribution in [1.29, 1.82) is 5.26 Å². The van der Waals surface area contributed by atoms with Crippen LogP contribution in [0.1, 0.15) is 42.4 Å². The van der Waals surface area contributed by atoms with Crippen LogP contribution in [0.25, 0.3) is 0 Å². The number of nitrogens with one attached hydrogen (secondary N) is 1. The SMILES string of the molecule is CC(C)(C)c1cc(NC(=O)c2ccc(C#N)cc2)on1. The Bertz CT molecular complexity index is 658. The summed E-state index contributed by atoms with van der Waals surface area (Å²) in [5, 5.41) is 15.3. The monoisotopic (exact) mass is 269 g/mol. The van der Waals surface area contributed by atoms with Crippen LogP contribution >= 0.6 is 0 Å². The van der Waals surface area contributed by atoms with Gasteiger partial charge in [-0.15, -0.1) is 0 Å². The highest BCUT2D eigenvalue weighted by atomic mass is 16.5. The average Bonchev–Trinajstić information content (AvgIpc) is 2.87. The van der Waals surface area contributed by atoms with E-state index in [1.165, 1.54) is 0 Å².